The summed E-state index contributed by atoms with van der Waals surface area (Å²) < 4.78 is 1.89. The summed E-state index contributed by atoms with van der Waals surface area (Å²) in [5.74, 6) is 0.710. The van der Waals surface area contributed by atoms with Gasteiger partial charge >= 0.3 is 0 Å². The Hall–Kier alpha value is -0.900. The minimum Gasteiger partial charge on any atom is -0.328 e. The van der Waals surface area contributed by atoms with E-state index in [1.165, 1.54) is 12.8 Å². The summed E-state index contributed by atoms with van der Waals surface area (Å²) in [6.07, 6.45) is 7.17. The van der Waals surface area contributed by atoms with Crippen LogP contribution in [-0.2, 0) is 6.54 Å². The highest BCUT2D eigenvalue weighted by atomic mass is 15.4. The molecule has 0 saturated heterocycles. The van der Waals surface area contributed by atoms with E-state index in [2.05, 4.69) is 10.3 Å². The van der Waals surface area contributed by atoms with Gasteiger partial charge in [0.1, 0.15) is 0 Å². The smallest absolute Gasteiger partial charge is 0.0692 e. The summed E-state index contributed by atoms with van der Waals surface area (Å²) in [7, 11) is 0. The molecule has 2 atom stereocenters. The van der Waals surface area contributed by atoms with E-state index < -0.39 is 0 Å². The van der Waals surface area contributed by atoms with Crippen LogP contribution in [0.25, 0.3) is 0 Å². The second-order valence-corrected chi connectivity index (χ2v) is 3.56. The molecule has 2 N–H and O–H groups in total. The molecule has 1 aliphatic carbocycles. The molecule has 1 aliphatic rings. The van der Waals surface area contributed by atoms with E-state index in [1.54, 1.807) is 6.20 Å². The summed E-state index contributed by atoms with van der Waals surface area (Å²) in [6.45, 7) is 0.980. The molecule has 1 heterocycles. The summed E-state index contributed by atoms with van der Waals surface area (Å²) >= 11 is 0. The average molecular weight is 166 g/mol. The predicted octanol–water partition coefficient (Wildman–Crippen LogP) is 0.405. The molecule has 2 rings (SSSR count). The largest absolute Gasteiger partial charge is 0.328 e. The highest BCUT2D eigenvalue weighted by molar-refractivity contribution is 4.78. The minimum absolute atomic E-state index is 0.415. The van der Waals surface area contributed by atoms with Crippen LogP contribution in [0.1, 0.15) is 19.3 Å². The van der Waals surface area contributed by atoms with Gasteiger partial charge in [0.15, 0.2) is 0 Å². The summed E-state index contributed by atoms with van der Waals surface area (Å²) in [5, 5.41) is 7.70. The molecule has 0 radical (unpaired) electrons. The quantitative estimate of drug-likeness (QED) is 0.692. The van der Waals surface area contributed by atoms with Crippen LogP contribution in [0.5, 0.6) is 0 Å². The second kappa shape index (κ2) is 3.23. The number of aromatic nitrogens is 3. The molecule has 0 bridgehead atoms. The zero-order valence-electron chi connectivity index (χ0n) is 7.06. The van der Waals surface area contributed by atoms with Crippen LogP contribution in [0.3, 0.4) is 0 Å². The molecule has 0 aliphatic heterocycles. The lowest BCUT2D eigenvalue weighted by Crippen LogP contribution is -2.16. The summed E-state index contributed by atoms with van der Waals surface area (Å²) in [4.78, 5) is 0. The van der Waals surface area contributed by atoms with E-state index in [0.717, 1.165) is 13.0 Å². The lowest BCUT2D eigenvalue weighted by molar-refractivity contribution is 0.417. The van der Waals surface area contributed by atoms with Crippen LogP contribution in [0.4, 0.5) is 0 Å². The van der Waals surface area contributed by atoms with Crippen molar-refractivity contribution in [1.29, 1.82) is 0 Å². The number of nitrogens with zero attached hydrogens (tertiary/aromatic N) is 3. The lowest BCUT2D eigenvalue weighted by atomic mass is 10.1. The molecule has 66 valence electrons. The van der Waals surface area contributed by atoms with Crippen molar-refractivity contribution in [3.63, 3.8) is 0 Å². The van der Waals surface area contributed by atoms with Crippen LogP contribution in [0.2, 0.25) is 0 Å². The van der Waals surface area contributed by atoms with E-state index in [4.69, 9.17) is 5.73 Å². The van der Waals surface area contributed by atoms with Crippen LogP contribution >= 0.6 is 0 Å². The SMILES string of the molecule is N[C@H]1CC[C@@H](Cn2ccnn2)C1. The fourth-order valence-corrected chi connectivity index (χ4v) is 1.87. The van der Waals surface area contributed by atoms with Gasteiger partial charge in [-0.15, -0.1) is 5.10 Å². The van der Waals surface area contributed by atoms with E-state index in [1.807, 2.05) is 10.9 Å². The Bertz CT molecular complexity index is 231. The third-order valence-corrected chi connectivity index (χ3v) is 2.50. The Kier molecular flexibility index (Phi) is 2.08. The first-order valence-electron chi connectivity index (χ1n) is 4.44. The first kappa shape index (κ1) is 7.73. The molecule has 1 aromatic rings. The van der Waals surface area contributed by atoms with E-state index in [-0.39, 0.29) is 0 Å². The highest BCUT2D eigenvalue weighted by Crippen LogP contribution is 2.24. The van der Waals surface area contributed by atoms with Crippen molar-refractivity contribution in [3.8, 4) is 0 Å². The van der Waals surface area contributed by atoms with E-state index in [9.17, 15) is 0 Å². The fraction of sp³-hybridized carbons (Fsp3) is 0.750. The Morgan fingerprint density at radius 1 is 1.50 bits per heavy atom. The van der Waals surface area contributed by atoms with Gasteiger partial charge in [0.05, 0.1) is 6.20 Å². The first-order chi connectivity index (χ1) is 5.84. The standard InChI is InChI=1S/C8H14N4/c9-8-2-1-7(5-8)6-12-4-3-10-11-12/h3-4,7-8H,1-2,5-6,9H2/t7-,8+/m1/s1. The van der Waals surface area contributed by atoms with Gasteiger partial charge in [-0.25, -0.2) is 0 Å². The fourth-order valence-electron chi connectivity index (χ4n) is 1.87. The molecule has 12 heavy (non-hydrogen) atoms. The van der Waals surface area contributed by atoms with Gasteiger partial charge in [0.25, 0.3) is 0 Å². The van der Waals surface area contributed by atoms with Crippen LogP contribution in [0, 0.1) is 5.92 Å². The Morgan fingerprint density at radius 2 is 2.42 bits per heavy atom. The van der Waals surface area contributed by atoms with Crippen molar-refractivity contribution in [2.45, 2.75) is 31.8 Å². The second-order valence-electron chi connectivity index (χ2n) is 3.56. The van der Waals surface area contributed by atoms with Crippen LogP contribution in [0.15, 0.2) is 12.4 Å². The molecule has 0 unspecified atom stereocenters. The van der Waals surface area contributed by atoms with Crippen LogP contribution < -0.4 is 5.73 Å². The van der Waals surface area contributed by atoms with Crippen molar-refractivity contribution < 1.29 is 0 Å². The third kappa shape index (κ3) is 1.64. The average Bonchev–Trinajstić information content (AvgIpc) is 2.63. The molecule has 0 aromatic carbocycles. The maximum absolute atomic E-state index is 5.81. The topological polar surface area (TPSA) is 56.7 Å². The molecule has 1 fully saturated rings. The zero-order valence-corrected chi connectivity index (χ0v) is 7.06. The lowest BCUT2D eigenvalue weighted by Gasteiger charge is -2.07. The van der Waals surface area contributed by atoms with Gasteiger partial charge < -0.3 is 5.73 Å². The Morgan fingerprint density at radius 3 is 3.00 bits per heavy atom. The molecule has 1 saturated carbocycles. The zero-order chi connectivity index (χ0) is 8.39. The van der Waals surface area contributed by atoms with E-state index in [0.29, 0.717) is 12.0 Å². The third-order valence-electron chi connectivity index (χ3n) is 2.50. The van der Waals surface area contributed by atoms with Gasteiger partial charge in [-0.05, 0) is 25.2 Å². The molecule has 4 heteroatoms. The molecule has 4 nitrogen and oxygen atoms in total. The highest BCUT2D eigenvalue weighted by Gasteiger charge is 2.21. The normalized spacial score (nSPS) is 29.4. The van der Waals surface area contributed by atoms with Crippen molar-refractivity contribution in [3.05, 3.63) is 12.4 Å². The minimum atomic E-state index is 0.415. The van der Waals surface area contributed by atoms with Gasteiger partial charge in [-0.1, -0.05) is 5.21 Å². The van der Waals surface area contributed by atoms with Gasteiger partial charge in [0, 0.05) is 18.8 Å². The number of hydrogen-bond donors (Lipinski definition) is 1. The van der Waals surface area contributed by atoms with Gasteiger partial charge in [-0.3, -0.25) is 4.68 Å². The molecular weight excluding hydrogens is 152 g/mol. The summed E-state index contributed by atoms with van der Waals surface area (Å²) in [5.41, 5.74) is 5.81. The molecule has 1 aromatic heterocycles. The number of nitrogens with two attached hydrogens (primary N) is 1. The van der Waals surface area contributed by atoms with E-state index >= 15 is 0 Å². The van der Waals surface area contributed by atoms with Crippen molar-refractivity contribution in [2.24, 2.45) is 11.7 Å². The van der Waals surface area contributed by atoms with Crippen molar-refractivity contribution >= 4 is 0 Å². The molecule has 0 amide bonds. The Balaban J connectivity index is 1.88. The molecule has 0 spiro atoms. The number of rotatable bonds is 2. The predicted molar refractivity (Wildman–Crippen MR) is 45.3 cm³/mol. The monoisotopic (exact) mass is 166 g/mol. The first-order valence-corrected chi connectivity index (χ1v) is 4.44. The van der Waals surface area contributed by atoms with Gasteiger partial charge in [0.2, 0.25) is 0 Å². The maximum atomic E-state index is 5.81. The van der Waals surface area contributed by atoms with Crippen molar-refractivity contribution in [2.75, 3.05) is 0 Å². The Labute approximate surface area is 71.8 Å². The maximum Gasteiger partial charge on any atom is 0.0692 e. The number of hydrogen-bond acceptors (Lipinski definition) is 3. The van der Waals surface area contributed by atoms with Gasteiger partial charge in [-0.2, -0.15) is 0 Å². The van der Waals surface area contributed by atoms with Crippen LogP contribution in [-0.4, -0.2) is 21.0 Å². The summed E-state index contributed by atoms with van der Waals surface area (Å²) in [6, 6.07) is 0.415. The molecular formula is C8H14N4. The van der Waals surface area contributed by atoms with Crippen molar-refractivity contribution in [1.82, 2.24) is 15.0 Å².